The highest BCUT2D eigenvalue weighted by atomic mass is 32.2. The molecule has 1 aromatic heterocycles. The summed E-state index contributed by atoms with van der Waals surface area (Å²) in [6.45, 7) is 0. The van der Waals surface area contributed by atoms with Crippen molar-refractivity contribution in [1.29, 1.82) is 0 Å². The van der Waals surface area contributed by atoms with Crippen LogP contribution >= 0.6 is 0 Å². The minimum Gasteiger partial charge on any atom is -0.612 e. The van der Waals surface area contributed by atoms with Gasteiger partial charge in [-0.1, -0.05) is 12.1 Å². The quantitative estimate of drug-likeness (QED) is 0.451. The number of hydrogen-bond donors (Lipinski definition) is 0. The maximum absolute atomic E-state index is 13.8. The molecule has 0 N–H and O–H groups in total. The Hall–Kier alpha value is -2.96. The Morgan fingerprint density at radius 2 is 1.61 bits per heavy atom. The standard InChI is InChI=1S/C22H14F2O3S/c1-28(26)17-8-5-13(6-9-17)22-20(14-3-2-4-15(23)11-14)21(25)18-10-7-16(24)12-19(18)27-22/h2-12H,1H3. The van der Waals surface area contributed by atoms with Crippen molar-refractivity contribution >= 4 is 22.1 Å². The van der Waals surface area contributed by atoms with E-state index < -0.39 is 22.8 Å². The summed E-state index contributed by atoms with van der Waals surface area (Å²) in [4.78, 5) is 13.8. The van der Waals surface area contributed by atoms with Gasteiger partial charge in [-0.15, -0.1) is 0 Å². The van der Waals surface area contributed by atoms with Crippen molar-refractivity contribution < 1.29 is 17.8 Å². The summed E-state index contributed by atoms with van der Waals surface area (Å²) >= 11 is -1.16. The molecule has 28 heavy (non-hydrogen) atoms. The fraction of sp³-hybridized carbons (Fsp3) is 0.0455. The number of halogens is 2. The molecule has 1 heterocycles. The molecule has 0 saturated heterocycles. The Bertz CT molecular complexity index is 1230. The van der Waals surface area contributed by atoms with Crippen LogP contribution in [0.2, 0.25) is 0 Å². The summed E-state index contributed by atoms with van der Waals surface area (Å²) < 4.78 is 45.0. The molecule has 0 saturated carbocycles. The van der Waals surface area contributed by atoms with E-state index in [4.69, 9.17) is 4.42 Å². The lowest BCUT2D eigenvalue weighted by Gasteiger charge is -2.11. The van der Waals surface area contributed by atoms with Crippen LogP contribution in [0.5, 0.6) is 0 Å². The van der Waals surface area contributed by atoms with E-state index in [1.807, 2.05) is 0 Å². The number of hydrogen-bond acceptors (Lipinski definition) is 3. The molecule has 1 atom stereocenters. The molecule has 140 valence electrons. The molecule has 0 aliphatic carbocycles. The van der Waals surface area contributed by atoms with E-state index in [9.17, 15) is 18.1 Å². The molecule has 0 fully saturated rings. The molecule has 3 nitrogen and oxygen atoms in total. The van der Waals surface area contributed by atoms with Gasteiger partial charge in [0.05, 0.1) is 10.9 Å². The summed E-state index contributed by atoms with van der Waals surface area (Å²) in [5.41, 5.74) is 0.798. The highest BCUT2D eigenvalue weighted by Crippen LogP contribution is 2.33. The first-order chi connectivity index (χ1) is 13.4. The predicted molar refractivity (Wildman–Crippen MR) is 106 cm³/mol. The van der Waals surface area contributed by atoms with E-state index in [0.717, 1.165) is 6.07 Å². The first-order valence-electron chi connectivity index (χ1n) is 8.40. The molecule has 0 spiro atoms. The highest BCUT2D eigenvalue weighted by Gasteiger charge is 2.19. The summed E-state index contributed by atoms with van der Waals surface area (Å²) in [5, 5.41) is 0.204. The predicted octanol–water partition coefficient (Wildman–Crippen LogP) is 5.14. The fourth-order valence-electron chi connectivity index (χ4n) is 3.07. The second kappa shape index (κ2) is 7.22. The maximum atomic E-state index is 13.8. The zero-order valence-electron chi connectivity index (χ0n) is 14.7. The Morgan fingerprint density at radius 1 is 0.893 bits per heavy atom. The van der Waals surface area contributed by atoms with E-state index in [-0.39, 0.29) is 27.7 Å². The van der Waals surface area contributed by atoms with Crippen molar-refractivity contribution in [2.45, 2.75) is 4.90 Å². The van der Waals surface area contributed by atoms with Gasteiger partial charge in [-0.3, -0.25) is 4.79 Å². The maximum Gasteiger partial charge on any atom is 0.201 e. The van der Waals surface area contributed by atoms with Crippen LogP contribution in [0.25, 0.3) is 33.4 Å². The molecule has 0 aliphatic heterocycles. The third-order valence-corrected chi connectivity index (χ3v) is 5.35. The van der Waals surface area contributed by atoms with E-state index in [1.165, 1.54) is 30.3 Å². The van der Waals surface area contributed by atoms with Crippen LogP contribution < -0.4 is 5.43 Å². The Morgan fingerprint density at radius 3 is 2.29 bits per heavy atom. The lowest BCUT2D eigenvalue weighted by Crippen LogP contribution is -2.08. The van der Waals surface area contributed by atoms with E-state index in [0.29, 0.717) is 16.0 Å². The minimum atomic E-state index is -1.16. The van der Waals surface area contributed by atoms with Crippen LogP contribution in [0.3, 0.4) is 0 Å². The highest BCUT2D eigenvalue weighted by molar-refractivity contribution is 7.90. The summed E-state index contributed by atoms with van der Waals surface area (Å²) in [6.07, 6.45) is 1.56. The van der Waals surface area contributed by atoms with Gasteiger partial charge in [0.25, 0.3) is 0 Å². The van der Waals surface area contributed by atoms with Gasteiger partial charge in [0.15, 0.2) is 4.90 Å². The van der Waals surface area contributed by atoms with Crippen LogP contribution in [0.4, 0.5) is 8.78 Å². The van der Waals surface area contributed by atoms with Crippen LogP contribution in [-0.2, 0) is 11.2 Å². The third kappa shape index (κ3) is 3.32. The van der Waals surface area contributed by atoms with E-state index >= 15 is 0 Å². The van der Waals surface area contributed by atoms with Gasteiger partial charge in [0, 0.05) is 11.6 Å². The van der Waals surface area contributed by atoms with Crippen molar-refractivity contribution in [3.8, 4) is 22.5 Å². The fourth-order valence-corrected chi connectivity index (χ4v) is 3.59. The molecule has 0 aliphatic rings. The number of rotatable bonds is 3. The van der Waals surface area contributed by atoms with Gasteiger partial charge in [-0.25, -0.2) is 8.78 Å². The Balaban J connectivity index is 2.05. The summed E-state index contributed by atoms with van der Waals surface area (Å²) in [5.74, 6) is -0.822. The van der Waals surface area contributed by atoms with Crippen molar-refractivity contribution in [1.82, 2.24) is 0 Å². The van der Waals surface area contributed by atoms with Gasteiger partial charge in [0.1, 0.15) is 29.2 Å². The zero-order chi connectivity index (χ0) is 19.8. The van der Waals surface area contributed by atoms with Crippen molar-refractivity contribution in [2.75, 3.05) is 6.26 Å². The number of fused-ring (bicyclic) bond motifs is 1. The second-order valence-electron chi connectivity index (χ2n) is 6.26. The molecule has 0 radical (unpaired) electrons. The molecule has 1 unspecified atom stereocenters. The molecular weight excluding hydrogens is 382 g/mol. The Kier molecular flexibility index (Phi) is 4.75. The molecule has 0 bridgehead atoms. The van der Waals surface area contributed by atoms with Gasteiger partial charge in [0.2, 0.25) is 5.43 Å². The van der Waals surface area contributed by atoms with Crippen LogP contribution in [0.1, 0.15) is 0 Å². The smallest absolute Gasteiger partial charge is 0.201 e. The van der Waals surface area contributed by atoms with Crippen molar-refractivity contribution in [2.24, 2.45) is 0 Å². The van der Waals surface area contributed by atoms with Gasteiger partial charge >= 0.3 is 0 Å². The molecule has 4 rings (SSSR count). The zero-order valence-corrected chi connectivity index (χ0v) is 15.6. The molecule has 6 heteroatoms. The topological polar surface area (TPSA) is 53.3 Å². The molecular formula is C22H14F2O3S. The first-order valence-corrected chi connectivity index (χ1v) is 9.96. The van der Waals surface area contributed by atoms with Crippen LogP contribution in [0.15, 0.2) is 80.8 Å². The average molecular weight is 396 g/mol. The normalized spacial score (nSPS) is 12.3. The van der Waals surface area contributed by atoms with Crippen molar-refractivity contribution in [3.05, 3.63) is 88.6 Å². The van der Waals surface area contributed by atoms with E-state index in [1.54, 1.807) is 36.6 Å². The summed E-state index contributed by atoms with van der Waals surface area (Å²) in [7, 11) is 0. The SMILES string of the molecule is C[S+]([O-])c1ccc(-c2oc3cc(F)ccc3c(=O)c2-c2cccc(F)c2)cc1. The van der Waals surface area contributed by atoms with Crippen molar-refractivity contribution in [3.63, 3.8) is 0 Å². The molecule has 0 amide bonds. The van der Waals surface area contributed by atoms with Crippen LogP contribution in [0, 0.1) is 11.6 Å². The number of benzene rings is 3. The lowest BCUT2D eigenvalue weighted by molar-refractivity contribution is 0.598. The van der Waals surface area contributed by atoms with E-state index in [2.05, 4.69) is 0 Å². The van der Waals surface area contributed by atoms with Gasteiger partial charge < -0.3 is 8.97 Å². The largest absolute Gasteiger partial charge is 0.612 e. The molecule has 3 aromatic carbocycles. The average Bonchev–Trinajstić information content (AvgIpc) is 2.67. The first kappa shape index (κ1) is 18.4. The lowest BCUT2D eigenvalue weighted by atomic mass is 9.98. The molecule has 4 aromatic rings. The van der Waals surface area contributed by atoms with Gasteiger partial charge in [-0.05, 0) is 65.3 Å². The van der Waals surface area contributed by atoms with Crippen LogP contribution in [-0.4, -0.2) is 10.8 Å². The third-order valence-electron chi connectivity index (χ3n) is 4.42. The monoisotopic (exact) mass is 396 g/mol. The van der Waals surface area contributed by atoms with Gasteiger partial charge in [-0.2, -0.15) is 0 Å². The minimum absolute atomic E-state index is 0.100. The summed E-state index contributed by atoms with van der Waals surface area (Å²) in [6, 6.07) is 16.0. The second-order valence-corrected chi connectivity index (χ2v) is 7.64. The Labute approximate surface area is 162 Å².